The lowest BCUT2D eigenvalue weighted by Crippen LogP contribution is -2.41. The molecule has 0 aliphatic rings. The highest BCUT2D eigenvalue weighted by Gasteiger charge is 2.31. The molecule has 4 nitrogen and oxygen atoms in total. The molecule has 2 rings (SSSR count). The van der Waals surface area contributed by atoms with Gasteiger partial charge < -0.3 is 10.4 Å². The second kappa shape index (κ2) is 7.25. The molecule has 1 amide bonds. The lowest BCUT2D eigenvalue weighted by Gasteiger charge is -2.24. The number of amides is 1. The molecule has 126 valence electrons. The van der Waals surface area contributed by atoms with E-state index in [-0.39, 0.29) is 11.5 Å². The van der Waals surface area contributed by atoms with Crippen LogP contribution < -0.4 is 5.32 Å². The van der Waals surface area contributed by atoms with E-state index in [2.05, 4.69) is 5.32 Å². The summed E-state index contributed by atoms with van der Waals surface area (Å²) in [5.41, 5.74) is 0.527. The Morgan fingerprint density at radius 1 is 1.08 bits per heavy atom. The molecule has 0 saturated heterocycles. The number of benzene rings is 2. The Labute approximate surface area is 140 Å². The summed E-state index contributed by atoms with van der Waals surface area (Å²) in [5.74, 6) is -1.63. The van der Waals surface area contributed by atoms with E-state index in [1.165, 1.54) is 18.2 Å². The highest BCUT2D eigenvalue weighted by Crippen LogP contribution is 2.25. The van der Waals surface area contributed by atoms with Crippen LogP contribution in [0.4, 0.5) is 4.39 Å². The van der Waals surface area contributed by atoms with E-state index in [1.54, 1.807) is 44.2 Å². The molecule has 0 aliphatic heterocycles. The number of carbonyl (C=O) groups is 2. The zero-order valence-electron chi connectivity index (χ0n) is 13.7. The molecule has 0 heterocycles. The summed E-state index contributed by atoms with van der Waals surface area (Å²) in [5, 5.41) is 11.7. The molecule has 24 heavy (non-hydrogen) atoms. The van der Waals surface area contributed by atoms with Crippen molar-refractivity contribution in [2.75, 3.05) is 6.54 Å². The van der Waals surface area contributed by atoms with Crippen molar-refractivity contribution in [1.82, 2.24) is 5.32 Å². The number of halogens is 1. The first-order valence-electron chi connectivity index (χ1n) is 7.68. The van der Waals surface area contributed by atoms with Crippen LogP contribution in [0.2, 0.25) is 0 Å². The van der Waals surface area contributed by atoms with Gasteiger partial charge in [0.2, 0.25) is 5.91 Å². The summed E-state index contributed by atoms with van der Waals surface area (Å²) in [6, 6.07) is 12.7. The van der Waals surface area contributed by atoms with Gasteiger partial charge in [-0.15, -0.1) is 0 Å². The Bertz CT molecular complexity index is 739. The third kappa shape index (κ3) is 3.98. The molecule has 0 aliphatic carbocycles. The van der Waals surface area contributed by atoms with Gasteiger partial charge in [-0.1, -0.05) is 30.3 Å². The molecule has 2 aromatic carbocycles. The molecule has 0 bridgehead atoms. The van der Waals surface area contributed by atoms with Gasteiger partial charge in [-0.05, 0) is 44.0 Å². The van der Waals surface area contributed by atoms with Crippen LogP contribution in [0, 0.1) is 5.82 Å². The molecule has 5 heteroatoms. The first kappa shape index (κ1) is 17.7. The molecule has 2 aromatic rings. The van der Waals surface area contributed by atoms with Gasteiger partial charge in [0, 0.05) is 12.1 Å². The zero-order valence-corrected chi connectivity index (χ0v) is 13.7. The summed E-state index contributed by atoms with van der Waals surface area (Å²) in [7, 11) is 0. The first-order chi connectivity index (χ1) is 11.3. The van der Waals surface area contributed by atoms with E-state index < -0.39 is 17.2 Å². The number of hydrogen-bond donors (Lipinski definition) is 2. The molecular formula is C19H20FNO3. The van der Waals surface area contributed by atoms with Crippen LogP contribution in [0.15, 0.2) is 48.5 Å². The fourth-order valence-electron chi connectivity index (χ4n) is 2.45. The van der Waals surface area contributed by atoms with Crippen LogP contribution in [0.25, 0.3) is 0 Å². The fourth-order valence-corrected chi connectivity index (χ4v) is 2.45. The molecule has 0 radical (unpaired) electrons. The van der Waals surface area contributed by atoms with Gasteiger partial charge in [-0.25, -0.2) is 9.18 Å². The summed E-state index contributed by atoms with van der Waals surface area (Å²) in [4.78, 5) is 23.2. The minimum absolute atomic E-state index is 0.225. The number of carboxylic acids is 1. The van der Waals surface area contributed by atoms with E-state index >= 15 is 0 Å². The van der Waals surface area contributed by atoms with Crippen molar-refractivity contribution < 1.29 is 19.1 Å². The van der Waals surface area contributed by atoms with Crippen LogP contribution in [0.3, 0.4) is 0 Å². The summed E-state index contributed by atoms with van der Waals surface area (Å²) in [6.07, 6.45) is 0.568. The highest BCUT2D eigenvalue weighted by molar-refractivity contribution is 5.88. The lowest BCUT2D eigenvalue weighted by atomic mass is 9.83. The SMILES string of the molecule is CC(C)(C(=O)NCCc1ccc(C(=O)O)cc1)c1ccccc1F. The van der Waals surface area contributed by atoms with Gasteiger partial charge in [0.25, 0.3) is 0 Å². The van der Waals surface area contributed by atoms with Crippen molar-refractivity contribution in [1.29, 1.82) is 0 Å². The van der Waals surface area contributed by atoms with Crippen molar-refractivity contribution in [2.24, 2.45) is 0 Å². The molecule has 0 atom stereocenters. The number of rotatable bonds is 6. The third-order valence-corrected chi connectivity index (χ3v) is 4.01. The fraction of sp³-hybridized carbons (Fsp3) is 0.263. The van der Waals surface area contributed by atoms with Crippen LogP contribution in [0.1, 0.15) is 35.3 Å². The number of nitrogens with one attached hydrogen (secondary N) is 1. The maximum absolute atomic E-state index is 13.9. The average molecular weight is 329 g/mol. The maximum atomic E-state index is 13.9. The van der Waals surface area contributed by atoms with Crippen molar-refractivity contribution in [2.45, 2.75) is 25.7 Å². The van der Waals surface area contributed by atoms with Gasteiger partial charge in [0.15, 0.2) is 0 Å². The van der Waals surface area contributed by atoms with Crippen LogP contribution in [-0.4, -0.2) is 23.5 Å². The second-order valence-corrected chi connectivity index (χ2v) is 6.11. The molecule has 0 saturated carbocycles. The monoisotopic (exact) mass is 329 g/mol. The standard InChI is InChI=1S/C19H20FNO3/c1-19(2,15-5-3-4-6-16(15)20)18(24)21-12-11-13-7-9-14(10-8-13)17(22)23/h3-10H,11-12H2,1-2H3,(H,21,24)(H,22,23). The van der Waals surface area contributed by atoms with E-state index in [0.29, 0.717) is 18.5 Å². The predicted octanol–water partition coefficient (Wildman–Crippen LogP) is 3.16. The van der Waals surface area contributed by atoms with Gasteiger partial charge in [0.1, 0.15) is 5.82 Å². The Morgan fingerprint density at radius 2 is 1.71 bits per heavy atom. The summed E-state index contributed by atoms with van der Waals surface area (Å²) >= 11 is 0. The first-order valence-corrected chi connectivity index (χ1v) is 7.68. The maximum Gasteiger partial charge on any atom is 0.335 e. The van der Waals surface area contributed by atoms with Crippen molar-refractivity contribution in [3.05, 3.63) is 71.0 Å². The van der Waals surface area contributed by atoms with Gasteiger partial charge in [-0.3, -0.25) is 4.79 Å². The van der Waals surface area contributed by atoms with Gasteiger partial charge in [-0.2, -0.15) is 0 Å². The number of carboxylic acid groups (broad SMARTS) is 1. The van der Waals surface area contributed by atoms with E-state index in [1.807, 2.05) is 0 Å². The highest BCUT2D eigenvalue weighted by atomic mass is 19.1. The van der Waals surface area contributed by atoms with E-state index in [9.17, 15) is 14.0 Å². The molecule has 0 aromatic heterocycles. The van der Waals surface area contributed by atoms with Crippen molar-refractivity contribution >= 4 is 11.9 Å². The third-order valence-electron chi connectivity index (χ3n) is 4.01. The Morgan fingerprint density at radius 3 is 2.29 bits per heavy atom. The normalized spacial score (nSPS) is 11.1. The average Bonchev–Trinajstić information content (AvgIpc) is 2.55. The number of aromatic carboxylic acids is 1. The summed E-state index contributed by atoms with van der Waals surface area (Å²) in [6.45, 7) is 3.76. The van der Waals surface area contributed by atoms with Crippen LogP contribution in [-0.2, 0) is 16.6 Å². The Hall–Kier alpha value is -2.69. The topological polar surface area (TPSA) is 66.4 Å². The lowest BCUT2D eigenvalue weighted by molar-refractivity contribution is -0.125. The molecule has 0 unspecified atom stereocenters. The largest absolute Gasteiger partial charge is 0.478 e. The minimum Gasteiger partial charge on any atom is -0.478 e. The second-order valence-electron chi connectivity index (χ2n) is 6.11. The Balaban J connectivity index is 1.95. The molecule has 0 spiro atoms. The quantitative estimate of drug-likeness (QED) is 0.855. The van der Waals surface area contributed by atoms with Crippen molar-refractivity contribution in [3.63, 3.8) is 0 Å². The van der Waals surface area contributed by atoms with Crippen molar-refractivity contribution in [3.8, 4) is 0 Å². The number of hydrogen-bond acceptors (Lipinski definition) is 2. The Kier molecular flexibility index (Phi) is 5.34. The van der Waals surface area contributed by atoms with E-state index in [4.69, 9.17) is 5.11 Å². The van der Waals surface area contributed by atoms with Crippen LogP contribution >= 0.6 is 0 Å². The number of carbonyl (C=O) groups excluding carboxylic acids is 1. The molecular weight excluding hydrogens is 309 g/mol. The smallest absolute Gasteiger partial charge is 0.335 e. The zero-order chi connectivity index (χ0) is 17.7. The minimum atomic E-state index is -0.974. The summed E-state index contributed by atoms with van der Waals surface area (Å²) < 4.78 is 13.9. The van der Waals surface area contributed by atoms with E-state index in [0.717, 1.165) is 5.56 Å². The van der Waals surface area contributed by atoms with Gasteiger partial charge >= 0.3 is 5.97 Å². The molecule has 2 N–H and O–H groups in total. The molecule has 0 fully saturated rings. The van der Waals surface area contributed by atoms with Gasteiger partial charge in [0.05, 0.1) is 11.0 Å². The van der Waals surface area contributed by atoms with Crippen LogP contribution in [0.5, 0.6) is 0 Å². The predicted molar refractivity (Wildman–Crippen MR) is 89.5 cm³/mol.